The maximum absolute atomic E-state index is 12.7. The summed E-state index contributed by atoms with van der Waals surface area (Å²) in [5.74, 6) is 0.153. The topological polar surface area (TPSA) is 110 Å². The molecule has 3 N–H and O–H groups in total. The third-order valence-electron chi connectivity index (χ3n) is 4.09. The number of rotatable bonds is 4. The molecule has 7 heteroatoms. The van der Waals surface area contributed by atoms with E-state index in [1.807, 2.05) is 30.3 Å². The molecule has 0 unspecified atom stereocenters. The zero-order valence-electron chi connectivity index (χ0n) is 14.1. The highest BCUT2D eigenvalue weighted by atomic mass is 16.2. The van der Waals surface area contributed by atoms with Crippen molar-refractivity contribution in [1.82, 2.24) is 20.4 Å². The maximum atomic E-state index is 12.7. The van der Waals surface area contributed by atoms with Gasteiger partial charge in [-0.1, -0.05) is 30.3 Å². The quantitative estimate of drug-likeness (QED) is 0.387. The molecule has 0 spiro atoms. The Bertz CT molecular complexity index is 1180. The van der Waals surface area contributed by atoms with Gasteiger partial charge in [-0.2, -0.15) is 10.4 Å². The van der Waals surface area contributed by atoms with E-state index in [1.165, 1.54) is 6.21 Å². The molecule has 7 nitrogen and oxygen atoms in total. The number of hydrogen-bond acceptors (Lipinski definition) is 4. The van der Waals surface area contributed by atoms with Gasteiger partial charge in [-0.25, -0.2) is 10.4 Å². The number of amides is 1. The van der Waals surface area contributed by atoms with E-state index in [9.17, 15) is 10.1 Å². The highest BCUT2D eigenvalue weighted by molar-refractivity contribution is 6.09. The summed E-state index contributed by atoms with van der Waals surface area (Å²) in [6.45, 7) is 0. The minimum atomic E-state index is -0.383. The number of benzene rings is 2. The van der Waals surface area contributed by atoms with Crippen LogP contribution in [0.5, 0.6) is 0 Å². The van der Waals surface area contributed by atoms with Crippen LogP contribution in [0, 0.1) is 11.3 Å². The smallest absolute Gasteiger partial charge is 0.288 e. The largest absolute Gasteiger partial charge is 0.350 e. The van der Waals surface area contributed by atoms with Crippen LogP contribution in [0.3, 0.4) is 0 Å². The third kappa shape index (κ3) is 3.19. The van der Waals surface area contributed by atoms with Crippen LogP contribution < -0.4 is 5.43 Å². The molecule has 1 amide bonds. The van der Waals surface area contributed by atoms with Gasteiger partial charge in [0.1, 0.15) is 11.5 Å². The first-order valence-electron chi connectivity index (χ1n) is 8.20. The van der Waals surface area contributed by atoms with Crippen LogP contribution in [0.2, 0.25) is 0 Å². The summed E-state index contributed by atoms with van der Waals surface area (Å²) >= 11 is 0. The van der Waals surface area contributed by atoms with E-state index in [1.54, 1.807) is 30.6 Å². The summed E-state index contributed by atoms with van der Waals surface area (Å²) in [4.78, 5) is 22.8. The van der Waals surface area contributed by atoms with Crippen molar-refractivity contribution in [3.05, 3.63) is 78.0 Å². The lowest BCUT2D eigenvalue weighted by molar-refractivity contribution is 0.0951. The van der Waals surface area contributed by atoms with E-state index in [0.717, 1.165) is 22.0 Å². The van der Waals surface area contributed by atoms with Crippen molar-refractivity contribution in [2.45, 2.75) is 0 Å². The summed E-state index contributed by atoms with van der Waals surface area (Å²) in [6.07, 6.45) is 4.69. The molecule has 4 rings (SSSR count). The van der Waals surface area contributed by atoms with Crippen LogP contribution in [-0.2, 0) is 0 Å². The van der Waals surface area contributed by atoms with Gasteiger partial charge in [-0.3, -0.25) is 4.79 Å². The van der Waals surface area contributed by atoms with E-state index in [2.05, 4.69) is 31.5 Å². The molecule has 2 heterocycles. The Kier molecular flexibility index (Phi) is 4.21. The van der Waals surface area contributed by atoms with Crippen molar-refractivity contribution < 1.29 is 4.79 Å². The van der Waals surface area contributed by atoms with Gasteiger partial charge in [0.2, 0.25) is 0 Å². The van der Waals surface area contributed by atoms with Gasteiger partial charge in [0.25, 0.3) is 5.91 Å². The lowest BCUT2D eigenvalue weighted by atomic mass is 10.00. The number of hydrazone groups is 1. The van der Waals surface area contributed by atoms with Gasteiger partial charge in [0.15, 0.2) is 0 Å². The van der Waals surface area contributed by atoms with Crippen LogP contribution >= 0.6 is 0 Å². The average Bonchev–Trinajstić information content (AvgIpc) is 3.35. The van der Waals surface area contributed by atoms with E-state index < -0.39 is 0 Å². The number of hydrogen-bond donors (Lipinski definition) is 3. The molecule has 2 aromatic heterocycles. The first-order chi connectivity index (χ1) is 13.3. The molecule has 0 saturated heterocycles. The number of aromatic amines is 2. The number of carbonyl (C=O) groups is 1. The Hall–Kier alpha value is -4.18. The highest BCUT2D eigenvalue weighted by Crippen LogP contribution is 2.32. The zero-order chi connectivity index (χ0) is 18.6. The molecule has 0 aliphatic rings. The van der Waals surface area contributed by atoms with Crippen molar-refractivity contribution >= 4 is 23.0 Å². The number of nitrogens with zero attached hydrogens (tertiary/aromatic N) is 3. The van der Waals surface area contributed by atoms with Crippen molar-refractivity contribution in [3.63, 3.8) is 0 Å². The summed E-state index contributed by atoms with van der Waals surface area (Å²) in [5.41, 5.74) is 5.76. The molecule has 4 aromatic rings. The predicted molar refractivity (Wildman–Crippen MR) is 102 cm³/mol. The fourth-order valence-corrected chi connectivity index (χ4v) is 2.91. The normalized spacial score (nSPS) is 10.9. The van der Waals surface area contributed by atoms with Crippen LogP contribution in [0.15, 0.2) is 66.0 Å². The molecule has 0 fully saturated rings. The van der Waals surface area contributed by atoms with Crippen LogP contribution in [0.4, 0.5) is 0 Å². The number of para-hydroxylation sites is 1. The second-order valence-electron chi connectivity index (χ2n) is 5.79. The van der Waals surface area contributed by atoms with Crippen LogP contribution in [0.1, 0.15) is 21.9 Å². The molecule has 0 bridgehead atoms. The van der Waals surface area contributed by atoms with E-state index >= 15 is 0 Å². The monoisotopic (exact) mass is 354 g/mol. The number of nitrogens with one attached hydrogen (secondary N) is 3. The van der Waals surface area contributed by atoms with Crippen molar-refractivity contribution in [2.24, 2.45) is 5.10 Å². The van der Waals surface area contributed by atoms with Crippen LogP contribution in [-0.4, -0.2) is 27.1 Å². The molecule has 27 heavy (non-hydrogen) atoms. The zero-order valence-corrected chi connectivity index (χ0v) is 14.1. The average molecular weight is 354 g/mol. The van der Waals surface area contributed by atoms with E-state index in [-0.39, 0.29) is 5.91 Å². The second-order valence-corrected chi connectivity index (χ2v) is 5.79. The van der Waals surface area contributed by atoms with Crippen molar-refractivity contribution in [3.8, 4) is 17.2 Å². The first kappa shape index (κ1) is 16.3. The van der Waals surface area contributed by atoms with Gasteiger partial charge in [-0.05, 0) is 23.8 Å². The Morgan fingerprint density at radius 1 is 1.22 bits per heavy atom. The highest BCUT2D eigenvalue weighted by Gasteiger charge is 2.19. The van der Waals surface area contributed by atoms with Gasteiger partial charge in [-0.15, -0.1) is 0 Å². The Balaban J connectivity index is 1.76. The molecule has 0 aliphatic carbocycles. The maximum Gasteiger partial charge on any atom is 0.288 e. The minimum absolute atomic E-state index is 0.378. The SMILES string of the molecule is N#Cc1cccc(-c2c(C(=O)NN=Cc3ncc[nH]3)[nH]c3ccccc23)c1. The molecule has 0 aliphatic heterocycles. The molecule has 0 atom stereocenters. The van der Waals surface area contributed by atoms with Gasteiger partial charge < -0.3 is 9.97 Å². The predicted octanol–water partition coefficient (Wildman–Crippen LogP) is 3.19. The molecule has 130 valence electrons. The lowest BCUT2D eigenvalue weighted by Crippen LogP contribution is -2.19. The first-order valence-corrected chi connectivity index (χ1v) is 8.20. The van der Waals surface area contributed by atoms with Crippen molar-refractivity contribution in [2.75, 3.05) is 0 Å². The lowest BCUT2D eigenvalue weighted by Gasteiger charge is -2.05. The standard InChI is InChI=1S/C20H14N6O/c21-11-13-4-3-5-14(10-13)18-15-6-1-2-7-16(15)25-19(18)20(27)26-24-12-17-22-8-9-23-17/h1-10,12,25H,(H,22,23)(H,26,27). The summed E-state index contributed by atoms with van der Waals surface area (Å²) in [7, 11) is 0. The third-order valence-corrected chi connectivity index (χ3v) is 4.09. The second kappa shape index (κ2) is 6.98. The number of nitriles is 1. The Morgan fingerprint density at radius 3 is 2.93 bits per heavy atom. The molecular formula is C20H14N6O. The minimum Gasteiger partial charge on any atom is -0.350 e. The summed E-state index contributed by atoms with van der Waals surface area (Å²) < 4.78 is 0. The van der Waals surface area contributed by atoms with E-state index in [0.29, 0.717) is 17.1 Å². The van der Waals surface area contributed by atoms with Gasteiger partial charge >= 0.3 is 0 Å². The number of H-pyrrole nitrogens is 2. The summed E-state index contributed by atoms with van der Waals surface area (Å²) in [6, 6.07) is 16.9. The van der Waals surface area contributed by atoms with E-state index in [4.69, 9.17) is 0 Å². The molecule has 2 aromatic carbocycles. The fraction of sp³-hybridized carbons (Fsp3) is 0. The van der Waals surface area contributed by atoms with Crippen LogP contribution in [0.25, 0.3) is 22.0 Å². The number of fused-ring (bicyclic) bond motifs is 1. The van der Waals surface area contributed by atoms with Gasteiger partial charge in [0.05, 0.1) is 17.8 Å². The summed E-state index contributed by atoms with van der Waals surface area (Å²) in [5, 5.41) is 14.0. The molecule has 0 saturated carbocycles. The van der Waals surface area contributed by atoms with Gasteiger partial charge in [0, 0.05) is 28.9 Å². The number of imidazole rings is 1. The fourth-order valence-electron chi connectivity index (χ4n) is 2.91. The number of aromatic nitrogens is 3. The van der Waals surface area contributed by atoms with Crippen molar-refractivity contribution in [1.29, 1.82) is 5.26 Å². The number of carbonyl (C=O) groups excluding carboxylic acids is 1. The Labute approximate surface area is 154 Å². The Morgan fingerprint density at radius 2 is 2.11 bits per heavy atom. The molecule has 0 radical (unpaired) electrons. The molecular weight excluding hydrogens is 340 g/mol.